The fraction of sp³-hybridized carbons (Fsp3) is 0.316. The lowest BCUT2D eigenvalue weighted by Crippen LogP contribution is -2.32. The highest BCUT2D eigenvalue weighted by molar-refractivity contribution is 7.92. The van der Waals surface area contributed by atoms with Gasteiger partial charge in [-0.15, -0.1) is 0 Å². The van der Waals surface area contributed by atoms with E-state index in [1.807, 2.05) is 13.0 Å². The van der Waals surface area contributed by atoms with Crippen molar-refractivity contribution in [2.75, 3.05) is 17.8 Å². The van der Waals surface area contributed by atoms with E-state index in [2.05, 4.69) is 4.72 Å². The number of aryl methyl sites for hydroxylation is 2. The van der Waals surface area contributed by atoms with Crippen molar-refractivity contribution in [1.82, 2.24) is 4.90 Å². The van der Waals surface area contributed by atoms with Crippen molar-refractivity contribution in [3.05, 3.63) is 59.2 Å². The van der Waals surface area contributed by atoms with Gasteiger partial charge >= 0.3 is 0 Å². The van der Waals surface area contributed by atoms with Gasteiger partial charge in [-0.3, -0.25) is 9.52 Å². The molecule has 26 heavy (non-hydrogen) atoms. The van der Waals surface area contributed by atoms with Crippen molar-refractivity contribution >= 4 is 21.6 Å². The topological polar surface area (TPSA) is 92.5 Å². The fourth-order valence-electron chi connectivity index (χ4n) is 3.10. The number of nitrogens with zero attached hydrogens (tertiary/aromatic N) is 1. The van der Waals surface area contributed by atoms with Crippen LogP contribution in [0.2, 0.25) is 0 Å². The Morgan fingerprint density at radius 1 is 1.19 bits per heavy atom. The summed E-state index contributed by atoms with van der Waals surface area (Å²) in [7, 11) is -3.80. The Bertz CT molecular complexity index is 941. The standard InChI is InChI=1S/C19H23N3O3S/c1-13-4-3-5-17(10-13)21-26(24,25)18-11-15(7-6-14(18)2)19(23)22-9-8-16(20)12-22/h3-7,10-11,16,21H,8-9,12,20H2,1-2H3/t16-/m1/s1. The summed E-state index contributed by atoms with van der Waals surface area (Å²) in [6.07, 6.45) is 0.762. The Balaban J connectivity index is 1.90. The van der Waals surface area contributed by atoms with Gasteiger partial charge in [-0.2, -0.15) is 0 Å². The fourth-order valence-corrected chi connectivity index (χ4v) is 4.42. The number of anilines is 1. The van der Waals surface area contributed by atoms with Gasteiger partial charge in [0.05, 0.1) is 4.90 Å². The molecule has 3 N–H and O–H groups in total. The van der Waals surface area contributed by atoms with Gasteiger partial charge in [-0.1, -0.05) is 18.2 Å². The van der Waals surface area contributed by atoms with Crippen LogP contribution in [0.3, 0.4) is 0 Å². The van der Waals surface area contributed by atoms with Crippen molar-refractivity contribution in [1.29, 1.82) is 0 Å². The van der Waals surface area contributed by atoms with E-state index in [1.165, 1.54) is 6.07 Å². The lowest BCUT2D eigenvalue weighted by molar-refractivity contribution is 0.0790. The molecule has 1 heterocycles. The van der Waals surface area contributed by atoms with Crippen LogP contribution in [-0.2, 0) is 10.0 Å². The minimum atomic E-state index is -3.80. The number of nitrogens with one attached hydrogen (secondary N) is 1. The second kappa shape index (κ2) is 7.09. The maximum Gasteiger partial charge on any atom is 0.262 e. The minimum absolute atomic E-state index is 0.0180. The highest BCUT2D eigenvalue weighted by Crippen LogP contribution is 2.23. The van der Waals surface area contributed by atoms with Crippen LogP contribution in [-0.4, -0.2) is 38.4 Å². The van der Waals surface area contributed by atoms with Crippen molar-refractivity contribution in [3.63, 3.8) is 0 Å². The smallest absolute Gasteiger partial charge is 0.262 e. The molecule has 0 aromatic heterocycles. The van der Waals surface area contributed by atoms with Gasteiger partial charge in [0, 0.05) is 30.4 Å². The molecule has 1 atom stereocenters. The van der Waals surface area contributed by atoms with E-state index in [9.17, 15) is 13.2 Å². The summed E-state index contributed by atoms with van der Waals surface area (Å²) in [5, 5.41) is 0. The Morgan fingerprint density at radius 2 is 1.96 bits per heavy atom. The molecule has 138 valence electrons. The van der Waals surface area contributed by atoms with E-state index >= 15 is 0 Å². The largest absolute Gasteiger partial charge is 0.337 e. The van der Waals surface area contributed by atoms with Crippen LogP contribution in [0.1, 0.15) is 27.9 Å². The predicted octanol–water partition coefficient (Wildman–Crippen LogP) is 2.28. The van der Waals surface area contributed by atoms with Crippen LogP contribution in [0.4, 0.5) is 5.69 Å². The Hall–Kier alpha value is -2.38. The summed E-state index contributed by atoms with van der Waals surface area (Å²) in [6.45, 7) is 4.70. The molecule has 1 aliphatic heterocycles. The van der Waals surface area contributed by atoms with Gasteiger partial charge in [-0.25, -0.2) is 8.42 Å². The average molecular weight is 373 g/mol. The Kier molecular flexibility index (Phi) is 5.02. The first kappa shape index (κ1) is 18.4. The van der Waals surface area contributed by atoms with Crippen molar-refractivity contribution in [3.8, 4) is 0 Å². The van der Waals surface area contributed by atoms with E-state index in [0.717, 1.165) is 12.0 Å². The van der Waals surface area contributed by atoms with Crippen LogP contribution in [0.25, 0.3) is 0 Å². The lowest BCUT2D eigenvalue weighted by atomic mass is 10.1. The normalized spacial score (nSPS) is 17.3. The van der Waals surface area contributed by atoms with Gasteiger partial charge in [0.2, 0.25) is 0 Å². The third-order valence-corrected chi connectivity index (χ3v) is 6.03. The third kappa shape index (κ3) is 3.89. The molecule has 7 heteroatoms. The van der Waals surface area contributed by atoms with E-state index < -0.39 is 10.0 Å². The van der Waals surface area contributed by atoms with E-state index in [-0.39, 0.29) is 16.8 Å². The monoisotopic (exact) mass is 373 g/mol. The minimum Gasteiger partial charge on any atom is -0.337 e. The van der Waals surface area contributed by atoms with E-state index in [1.54, 1.807) is 42.2 Å². The zero-order valence-electron chi connectivity index (χ0n) is 14.9. The molecule has 1 fully saturated rings. The van der Waals surface area contributed by atoms with Crippen molar-refractivity contribution < 1.29 is 13.2 Å². The number of likely N-dealkylation sites (tertiary alicyclic amines) is 1. The SMILES string of the molecule is Cc1cccc(NS(=O)(=O)c2cc(C(=O)N3CC[C@@H](N)C3)ccc2C)c1. The number of amides is 1. The number of sulfonamides is 1. The van der Waals surface area contributed by atoms with Crippen molar-refractivity contribution in [2.24, 2.45) is 5.73 Å². The summed E-state index contributed by atoms with van der Waals surface area (Å²) in [6, 6.07) is 11.9. The maximum atomic E-state index is 12.8. The van der Waals surface area contributed by atoms with E-state index in [4.69, 9.17) is 5.73 Å². The van der Waals surface area contributed by atoms with Gasteiger partial charge in [0.25, 0.3) is 15.9 Å². The summed E-state index contributed by atoms with van der Waals surface area (Å²) in [5.74, 6) is -0.190. The molecule has 1 aliphatic rings. The predicted molar refractivity (Wildman–Crippen MR) is 102 cm³/mol. The van der Waals surface area contributed by atoms with Crippen LogP contribution in [0.5, 0.6) is 0 Å². The summed E-state index contributed by atoms with van der Waals surface area (Å²) in [4.78, 5) is 14.4. The quantitative estimate of drug-likeness (QED) is 0.860. The first-order valence-electron chi connectivity index (χ1n) is 8.51. The summed E-state index contributed by atoms with van der Waals surface area (Å²) < 4.78 is 28.2. The van der Waals surface area contributed by atoms with Crippen LogP contribution in [0.15, 0.2) is 47.4 Å². The maximum absolute atomic E-state index is 12.8. The molecule has 2 aromatic rings. The molecular formula is C19H23N3O3S. The molecule has 0 radical (unpaired) electrons. The van der Waals surface area contributed by atoms with Crippen LogP contribution < -0.4 is 10.5 Å². The average Bonchev–Trinajstić information content (AvgIpc) is 3.00. The molecule has 0 aliphatic carbocycles. The van der Waals surface area contributed by atoms with Gasteiger partial charge < -0.3 is 10.6 Å². The molecule has 0 saturated carbocycles. The van der Waals surface area contributed by atoms with Crippen LogP contribution in [0, 0.1) is 13.8 Å². The second-order valence-electron chi connectivity index (χ2n) is 6.76. The number of nitrogens with two attached hydrogens (primary N) is 1. The van der Waals surface area contributed by atoms with Gasteiger partial charge in [0.1, 0.15) is 0 Å². The molecule has 0 spiro atoms. The lowest BCUT2D eigenvalue weighted by Gasteiger charge is -2.17. The van der Waals surface area contributed by atoms with Crippen LogP contribution >= 0.6 is 0 Å². The Morgan fingerprint density at radius 3 is 2.62 bits per heavy atom. The second-order valence-corrected chi connectivity index (χ2v) is 8.41. The first-order chi connectivity index (χ1) is 12.3. The number of carbonyl (C=O) groups is 1. The molecule has 1 amide bonds. The number of benzene rings is 2. The highest BCUT2D eigenvalue weighted by atomic mass is 32.2. The zero-order valence-corrected chi connectivity index (χ0v) is 15.7. The molecule has 6 nitrogen and oxygen atoms in total. The van der Waals surface area contributed by atoms with Gasteiger partial charge in [0.15, 0.2) is 0 Å². The molecule has 1 saturated heterocycles. The molecule has 0 bridgehead atoms. The zero-order chi connectivity index (χ0) is 18.9. The molecular weight excluding hydrogens is 350 g/mol. The molecule has 3 rings (SSSR count). The highest BCUT2D eigenvalue weighted by Gasteiger charge is 2.26. The van der Waals surface area contributed by atoms with E-state index in [0.29, 0.717) is 29.9 Å². The number of hydrogen-bond donors (Lipinski definition) is 2. The molecule has 0 unspecified atom stereocenters. The molecule has 2 aromatic carbocycles. The summed E-state index contributed by atoms with van der Waals surface area (Å²) >= 11 is 0. The van der Waals surface area contributed by atoms with Crippen molar-refractivity contribution in [2.45, 2.75) is 31.2 Å². The summed E-state index contributed by atoms with van der Waals surface area (Å²) in [5.41, 5.74) is 8.25. The number of hydrogen-bond acceptors (Lipinski definition) is 4. The Labute approximate surface area is 154 Å². The van der Waals surface area contributed by atoms with Gasteiger partial charge in [-0.05, 0) is 55.7 Å². The first-order valence-corrected chi connectivity index (χ1v) is 9.99. The number of carbonyl (C=O) groups excluding carboxylic acids is 1. The third-order valence-electron chi connectivity index (χ3n) is 4.51. The number of rotatable bonds is 4.